The number of ether oxygens (including phenoxy) is 1. The molecule has 41 heavy (non-hydrogen) atoms. The number of para-hydroxylation sites is 2. The average molecular weight is 588 g/mol. The molecular weight excluding hydrogens is 562 g/mol. The first-order valence-electron chi connectivity index (χ1n) is 13.2. The molecule has 1 amide bonds. The van der Waals surface area contributed by atoms with Gasteiger partial charge in [-0.15, -0.1) is 11.3 Å². The summed E-state index contributed by atoms with van der Waals surface area (Å²) in [6.07, 6.45) is 1.50. The molecular formula is C30H26ClN5O4S. The van der Waals surface area contributed by atoms with Crippen molar-refractivity contribution in [2.24, 2.45) is 0 Å². The van der Waals surface area contributed by atoms with E-state index in [0.717, 1.165) is 22.2 Å². The van der Waals surface area contributed by atoms with E-state index >= 15 is 0 Å². The Kier molecular flexibility index (Phi) is 7.58. The summed E-state index contributed by atoms with van der Waals surface area (Å²) >= 11 is 7.50. The van der Waals surface area contributed by atoms with Crippen molar-refractivity contribution in [3.05, 3.63) is 88.7 Å². The number of fused-ring (bicyclic) bond motifs is 1. The predicted octanol–water partition coefficient (Wildman–Crippen LogP) is 6.49. The lowest BCUT2D eigenvalue weighted by Crippen LogP contribution is -2.49. The number of halogens is 1. The normalized spacial score (nSPS) is 13.4. The molecule has 1 fully saturated rings. The lowest BCUT2D eigenvalue weighted by atomic mass is 10.0. The summed E-state index contributed by atoms with van der Waals surface area (Å²) in [5.41, 5.74) is 3.49. The van der Waals surface area contributed by atoms with Crippen molar-refractivity contribution in [2.45, 2.75) is 6.92 Å². The zero-order valence-corrected chi connectivity index (χ0v) is 23.7. The van der Waals surface area contributed by atoms with Gasteiger partial charge in [0.05, 0.1) is 23.9 Å². The van der Waals surface area contributed by atoms with E-state index in [1.807, 2.05) is 41.8 Å². The fourth-order valence-electron chi connectivity index (χ4n) is 4.78. The standard InChI is InChI=1S/C30H26ClN5O4S/c1-2-39-30(38)25-21(19-9-11-20(31)12-10-19)18-41-28(25)34-26-27(33-23-7-4-3-6-22(23)32-26)35-13-15-36(16-14-35)29(37)24-8-5-17-40-24/h3-12,17-18H,2,13-16H2,1H3,(H,32,34). The molecule has 6 rings (SSSR count). The van der Waals surface area contributed by atoms with Crippen molar-refractivity contribution >= 4 is 62.5 Å². The molecule has 9 nitrogen and oxygen atoms in total. The fourth-order valence-corrected chi connectivity index (χ4v) is 5.86. The van der Waals surface area contributed by atoms with Gasteiger partial charge >= 0.3 is 5.97 Å². The summed E-state index contributed by atoms with van der Waals surface area (Å²) in [7, 11) is 0. The second-order valence-electron chi connectivity index (χ2n) is 9.35. The largest absolute Gasteiger partial charge is 0.462 e. The van der Waals surface area contributed by atoms with E-state index in [1.54, 1.807) is 36.1 Å². The molecule has 0 saturated carbocycles. The van der Waals surface area contributed by atoms with E-state index in [4.69, 9.17) is 30.7 Å². The molecule has 0 aliphatic carbocycles. The van der Waals surface area contributed by atoms with Gasteiger partial charge in [0.25, 0.3) is 5.91 Å². The van der Waals surface area contributed by atoms with Gasteiger partial charge < -0.3 is 24.3 Å². The van der Waals surface area contributed by atoms with Crippen LogP contribution in [0.1, 0.15) is 27.8 Å². The molecule has 1 N–H and O–H groups in total. The highest BCUT2D eigenvalue weighted by atomic mass is 35.5. The van der Waals surface area contributed by atoms with Crippen molar-refractivity contribution in [1.29, 1.82) is 0 Å². The Morgan fingerprint density at radius 1 is 1.00 bits per heavy atom. The van der Waals surface area contributed by atoms with Gasteiger partial charge in [-0.3, -0.25) is 4.79 Å². The summed E-state index contributed by atoms with van der Waals surface area (Å²) < 4.78 is 10.7. The Hall–Kier alpha value is -4.41. The molecule has 0 bridgehead atoms. The number of rotatable bonds is 7. The molecule has 0 atom stereocenters. The Morgan fingerprint density at radius 3 is 2.41 bits per heavy atom. The van der Waals surface area contributed by atoms with Crippen molar-refractivity contribution in [1.82, 2.24) is 14.9 Å². The second kappa shape index (κ2) is 11.6. The first kappa shape index (κ1) is 26.8. The summed E-state index contributed by atoms with van der Waals surface area (Å²) in [5, 5.41) is 6.55. The quantitative estimate of drug-likeness (QED) is 0.216. The minimum atomic E-state index is -0.429. The van der Waals surface area contributed by atoms with E-state index in [2.05, 4.69) is 10.2 Å². The summed E-state index contributed by atoms with van der Waals surface area (Å²) in [4.78, 5) is 39.7. The smallest absolute Gasteiger partial charge is 0.341 e. The predicted molar refractivity (Wildman–Crippen MR) is 160 cm³/mol. The Morgan fingerprint density at radius 2 is 1.73 bits per heavy atom. The number of aromatic nitrogens is 2. The SMILES string of the molecule is CCOC(=O)c1c(-c2ccc(Cl)cc2)csc1Nc1nc2ccccc2nc1N1CCN(C(=O)c2ccco2)CC1. The Bertz CT molecular complexity index is 1700. The highest BCUT2D eigenvalue weighted by Crippen LogP contribution is 2.39. The van der Waals surface area contributed by atoms with Crippen molar-refractivity contribution in [3.63, 3.8) is 0 Å². The molecule has 2 aromatic carbocycles. The van der Waals surface area contributed by atoms with Gasteiger partial charge in [-0.25, -0.2) is 14.8 Å². The van der Waals surface area contributed by atoms with Gasteiger partial charge in [0, 0.05) is 42.1 Å². The van der Waals surface area contributed by atoms with Crippen LogP contribution in [0.4, 0.5) is 16.6 Å². The second-order valence-corrected chi connectivity index (χ2v) is 10.7. The number of carbonyl (C=O) groups excluding carboxylic acids is 2. The van der Waals surface area contributed by atoms with Crippen LogP contribution in [0.25, 0.3) is 22.2 Å². The summed E-state index contributed by atoms with van der Waals surface area (Å²) in [5.74, 6) is 0.924. The maximum atomic E-state index is 13.2. The van der Waals surface area contributed by atoms with E-state index in [0.29, 0.717) is 59.2 Å². The number of piperazine rings is 1. The van der Waals surface area contributed by atoms with Crippen LogP contribution in [-0.2, 0) is 4.74 Å². The van der Waals surface area contributed by atoms with E-state index in [9.17, 15) is 9.59 Å². The Balaban J connectivity index is 1.35. The number of nitrogens with zero attached hydrogens (tertiary/aromatic N) is 4. The van der Waals surface area contributed by atoms with Gasteiger partial charge in [-0.2, -0.15) is 0 Å². The number of anilines is 3. The van der Waals surface area contributed by atoms with Crippen LogP contribution in [0.5, 0.6) is 0 Å². The van der Waals surface area contributed by atoms with Gasteiger partial charge in [0.1, 0.15) is 10.6 Å². The molecule has 1 aliphatic heterocycles. The van der Waals surface area contributed by atoms with Crippen LogP contribution in [0.15, 0.2) is 76.7 Å². The van der Waals surface area contributed by atoms with E-state index in [1.165, 1.54) is 17.6 Å². The molecule has 4 heterocycles. The van der Waals surface area contributed by atoms with Crippen LogP contribution < -0.4 is 10.2 Å². The zero-order chi connectivity index (χ0) is 28.3. The first-order chi connectivity index (χ1) is 20.0. The summed E-state index contributed by atoms with van der Waals surface area (Å²) in [6.45, 7) is 4.14. The lowest BCUT2D eigenvalue weighted by molar-refractivity contribution is 0.0528. The first-order valence-corrected chi connectivity index (χ1v) is 14.4. The van der Waals surface area contributed by atoms with Crippen molar-refractivity contribution in [3.8, 4) is 11.1 Å². The van der Waals surface area contributed by atoms with E-state index < -0.39 is 5.97 Å². The molecule has 1 aliphatic rings. The maximum Gasteiger partial charge on any atom is 0.341 e. The van der Waals surface area contributed by atoms with Gasteiger partial charge in [0.2, 0.25) is 0 Å². The van der Waals surface area contributed by atoms with Crippen LogP contribution in [0.2, 0.25) is 5.02 Å². The van der Waals surface area contributed by atoms with Crippen LogP contribution in [0.3, 0.4) is 0 Å². The molecule has 5 aromatic rings. The van der Waals surface area contributed by atoms with Gasteiger partial charge in [0.15, 0.2) is 17.4 Å². The average Bonchev–Trinajstić information content (AvgIpc) is 3.68. The highest BCUT2D eigenvalue weighted by Gasteiger charge is 2.28. The van der Waals surface area contributed by atoms with Crippen molar-refractivity contribution < 1.29 is 18.7 Å². The zero-order valence-electron chi connectivity index (χ0n) is 22.2. The minimum Gasteiger partial charge on any atom is -0.462 e. The molecule has 1 saturated heterocycles. The van der Waals surface area contributed by atoms with Crippen molar-refractivity contribution in [2.75, 3.05) is 43.0 Å². The number of furan rings is 1. The van der Waals surface area contributed by atoms with E-state index in [-0.39, 0.29) is 12.5 Å². The third kappa shape index (κ3) is 5.48. The molecule has 0 spiro atoms. The Labute approximate surface area is 245 Å². The number of esters is 1. The number of hydrogen-bond donors (Lipinski definition) is 1. The number of benzene rings is 2. The third-order valence-electron chi connectivity index (χ3n) is 6.81. The van der Waals surface area contributed by atoms with Crippen LogP contribution in [0, 0.1) is 0 Å². The number of carbonyl (C=O) groups is 2. The lowest BCUT2D eigenvalue weighted by Gasteiger charge is -2.35. The minimum absolute atomic E-state index is 0.134. The molecule has 3 aromatic heterocycles. The number of amides is 1. The summed E-state index contributed by atoms with van der Waals surface area (Å²) in [6, 6.07) is 18.4. The molecule has 0 unspecified atom stereocenters. The fraction of sp³-hybridized carbons (Fsp3) is 0.200. The van der Waals surface area contributed by atoms with Gasteiger partial charge in [-0.05, 0) is 48.9 Å². The molecule has 11 heteroatoms. The maximum absolute atomic E-state index is 13.2. The topological polar surface area (TPSA) is 101 Å². The van der Waals surface area contributed by atoms with Crippen LogP contribution >= 0.6 is 22.9 Å². The monoisotopic (exact) mass is 587 g/mol. The molecule has 0 radical (unpaired) electrons. The number of nitrogens with one attached hydrogen (secondary N) is 1. The number of thiophene rings is 1. The highest BCUT2D eigenvalue weighted by molar-refractivity contribution is 7.15. The van der Waals surface area contributed by atoms with Crippen LogP contribution in [-0.4, -0.2) is 59.5 Å². The number of hydrogen-bond acceptors (Lipinski definition) is 9. The third-order valence-corrected chi connectivity index (χ3v) is 7.96. The van der Waals surface area contributed by atoms with Gasteiger partial charge in [-0.1, -0.05) is 35.9 Å². The molecule has 208 valence electrons.